The van der Waals surface area contributed by atoms with E-state index in [1.165, 1.54) is 51.0 Å². The van der Waals surface area contributed by atoms with Crippen molar-refractivity contribution in [1.82, 2.24) is 0 Å². The summed E-state index contributed by atoms with van der Waals surface area (Å²) in [5, 5.41) is 28.5. The summed E-state index contributed by atoms with van der Waals surface area (Å²) < 4.78 is 0. The number of carboxylic acids is 1. The van der Waals surface area contributed by atoms with E-state index in [2.05, 4.69) is 6.92 Å². The molecule has 0 spiro atoms. The molecule has 0 aromatic heterocycles. The molecular formula is C22H42O4. The molecule has 0 unspecified atom stereocenters. The third kappa shape index (κ3) is 19.5. The van der Waals surface area contributed by atoms with Crippen molar-refractivity contribution in [1.29, 1.82) is 0 Å². The molecule has 154 valence electrons. The number of allylic oxidation sites excluding steroid dienone is 1. The highest BCUT2D eigenvalue weighted by molar-refractivity contribution is 5.79. The average molecular weight is 371 g/mol. The van der Waals surface area contributed by atoms with Crippen LogP contribution in [0.4, 0.5) is 0 Å². The lowest BCUT2D eigenvalue weighted by atomic mass is 9.99. The Hall–Kier alpha value is -0.870. The molecule has 0 aliphatic rings. The van der Waals surface area contributed by atoms with Gasteiger partial charge in [-0.1, -0.05) is 83.6 Å². The predicted octanol–water partition coefficient (Wildman–Crippen LogP) is 5.96. The van der Waals surface area contributed by atoms with Crippen molar-refractivity contribution in [2.24, 2.45) is 0 Å². The van der Waals surface area contributed by atoms with Crippen molar-refractivity contribution >= 4 is 5.97 Å². The Bertz CT molecular complexity index is 350. The minimum atomic E-state index is -1.47. The van der Waals surface area contributed by atoms with Gasteiger partial charge in [0.15, 0.2) is 5.79 Å². The molecule has 0 aromatic rings. The number of hydrogen-bond donors (Lipinski definition) is 3. The summed E-state index contributed by atoms with van der Waals surface area (Å²) >= 11 is 0. The zero-order valence-electron chi connectivity index (χ0n) is 16.9. The maximum Gasteiger partial charge on any atom is 0.327 e. The first-order valence-corrected chi connectivity index (χ1v) is 10.8. The topological polar surface area (TPSA) is 77.8 Å². The summed E-state index contributed by atoms with van der Waals surface area (Å²) in [5.74, 6) is -2.35. The van der Waals surface area contributed by atoms with Gasteiger partial charge in [0.05, 0.1) is 0 Å². The minimum absolute atomic E-state index is 0.489. The molecule has 4 nitrogen and oxygen atoms in total. The summed E-state index contributed by atoms with van der Waals surface area (Å²) in [6, 6.07) is 0. The summed E-state index contributed by atoms with van der Waals surface area (Å²) in [5.41, 5.74) is 0. The van der Waals surface area contributed by atoms with E-state index in [9.17, 15) is 15.0 Å². The highest BCUT2D eigenvalue weighted by Gasteiger charge is 2.21. The van der Waals surface area contributed by atoms with Crippen molar-refractivity contribution in [2.45, 2.75) is 122 Å². The second-order valence-electron chi connectivity index (χ2n) is 7.61. The molecule has 0 heterocycles. The van der Waals surface area contributed by atoms with Crippen LogP contribution >= 0.6 is 0 Å². The van der Waals surface area contributed by atoms with Crippen LogP contribution in [0, 0.1) is 0 Å². The van der Waals surface area contributed by atoms with E-state index in [4.69, 9.17) is 5.11 Å². The lowest BCUT2D eigenvalue weighted by Crippen LogP contribution is -2.27. The monoisotopic (exact) mass is 370 g/mol. The lowest BCUT2D eigenvalue weighted by Gasteiger charge is -2.21. The second kappa shape index (κ2) is 17.5. The van der Waals surface area contributed by atoms with E-state index < -0.39 is 11.8 Å². The van der Waals surface area contributed by atoms with Crippen molar-refractivity contribution in [3.05, 3.63) is 12.2 Å². The van der Waals surface area contributed by atoms with Crippen LogP contribution < -0.4 is 0 Å². The molecule has 3 N–H and O–H groups in total. The van der Waals surface area contributed by atoms with Crippen LogP contribution in [0.25, 0.3) is 0 Å². The van der Waals surface area contributed by atoms with Gasteiger partial charge in [0, 0.05) is 18.9 Å². The third-order valence-corrected chi connectivity index (χ3v) is 4.89. The molecule has 0 rings (SSSR count). The summed E-state index contributed by atoms with van der Waals surface area (Å²) in [7, 11) is 0. The van der Waals surface area contributed by atoms with Crippen LogP contribution in [0.15, 0.2) is 12.2 Å². The molecule has 0 atom stereocenters. The molecule has 0 bridgehead atoms. The molecule has 0 amide bonds. The van der Waals surface area contributed by atoms with Gasteiger partial charge in [-0.3, -0.25) is 0 Å². The maximum absolute atomic E-state index is 10.3. The molecule has 26 heavy (non-hydrogen) atoms. The zero-order valence-corrected chi connectivity index (χ0v) is 16.9. The van der Waals surface area contributed by atoms with Gasteiger partial charge in [-0.2, -0.15) is 0 Å². The molecule has 0 saturated carbocycles. The predicted molar refractivity (Wildman–Crippen MR) is 108 cm³/mol. The van der Waals surface area contributed by atoms with E-state index in [0.29, 0.717) is 12.8 Å². The molecule has 0 aliphatic carbocycles. The van der Waals surface area contributed by atoms with Gasteiger partial charge in [-0.25, -0.2) is 4.79 Å². The number of aliphatic hydroxyl groups is 2. The Morgan fingerprint density at radius 3 is 1.62 bits per heavy atom. The number of carboxylic acid groups (broad SMARTS) is 1. The van der Waals surface area contributed by atoms with Gasteiger partial charge in [-0.05, 0) is 25.7 Å². The van der Waals surface area contributed by atoms with Crippen LogP contribution in [0.2, 0.25) is 0 Å². The van der Waals surface area contributed by atoms with Gasteiger partial charge in [0.2, 0.25) is 0 Å². The quantitative estimate of drug-likeness (QED) is 0.149. The normalized spacial score (nSPS) is 12.1. The van der Waals surface area contributed by atoms with Crippen molar-refractivity contribution < 1.29 is 20.1 Å². The smallest absolute Gasteiger partial charge is 0.327 e. The number of aliphatic carboxylic acids is 1. The molecular weight excluding hydrogens is 328 g/mol. The van der Waals surface area contributed by atoms with E-state index >= 15 is 0 Å². The Labute approximate surface area is 160 Å². The zero-order chi connectivity index (χ0) is 19.5. The number of carbonyl (C=O) groups is 1. The highest BCUT2D eigenvalue weighted by Crippen LogP contribution is 2.21. The van der Waals surface area contributed by atoms with Crippen LogP contribution in [-0.4, -0.2) is 27.1 Å². The first kappa shape index (κ1) is 25.1. The Morgan fingerprint density at radius 2 is 1.15 bits per heavy atom. The molecule has 0 aliphatic heterocycles. The van der Waals surface area contributed by atoms with Crippen LogP contribution in [0.1, 0.15) is 116 Å². The third-order valence-electron chi connectivity index (χ3n) is 4.89. The van der Waals surface area contributed by atoms with Crippen molar-refractivity contribution in [2.75, 3.05) is 0 Å². The first-order chi connectivity index (χ1) is 12.5. The van der Waals surface area contributed by atoms with E-state index in [1.54, 1.807) is 6.08 Å². The van der Waals surface area contributed by atoms with Crippen LogP contribution in [-0.2, 0) is 4.79 Å². The van der Waals surface area contributed by atoms with Gasteiger partial charge in [-0.15, -0.1) is 0 Å². The van der Waals surface area contributed by atoms with Gasteiger partial charge < -0.3 is 15.3 Å². The summed E-state index contributed by atoms with van der Waals surface area (Å²) in [6.07, 6.45) is 20.7. The number of hydrogen-bond acceptors (Lipinski definition) is 3. The maximum atomic E-state index is 10.3. The molecule has 0 radical (unpaired) electrons. The van der Waals surface area contributed by atoms with Crippen LogP contribution in [0.3, 0.4) is 0 Å². The summed E-state index contributed by atoms with van der Waals surface area (Å²) in [6.45, 7) is 2.22. The van der Waals surface area contributed by atoms with Crippen molar-refractivity contribution in [3.63, 3.8) is 0 Å². The summed E-state index contributed by atoms with van der Waals surface area (Å²) in [4.78, 5) is 10.3. The SMILES string of the molecule is CCCCCCCCCC(O)(O)CCCCCCCCC/C=C/C(=O)O. The average Bonchev–Trinajstić information content (AvgIpc) is 2.58. The molecule has 0 saturated heterocycles. The highest BCUT2D eigenvalue weighted by atomic mass is 16.5. The standard InChI is InChI=1S/C22H42O4/c1-2-3-4-5-10-13-16-19-22(25,26)20-17-14-11-8-6-7-9-12-15-18-21(23)24/h15,18,25-26H,2-14,16-17,19-20H2,1H3,(H,23,24)/b18-15+. The molecule has 0 aromatic carbocycles. The number of rotatable bonds is 19. The first-order valence-electron chi connectivity index (χ1n) is 10.8. The fourth-order valence-electron chi connectivity index (χ4n) is 3.23. The largest absolute Gasteiger partial charge is 0.478 e. The van der Waals surface area contributed by atoms with Gasteiger partial charge >= 0.3 is 5.97 Å². The lowest BCUT2D eigenvalue weighted by molar-refractivity contribution is -0.172. The Balaban J connectivity index is 3.38. The van der Waals surface area contributed by atoms with Gasteiger partial charge in [0.25, 0.3) is 0 Å². The Kier molecular flexibility index (Phi) is 17.0. The fourth-order valence-corrected chi connectivity index (χ4v) is 3.23. The molecule has 0 fully saturated rings. The van der Waals surface area contributed by atoms with E-state index in [0.717, 1.165) is 51.4 Å². The molecule has 4 heteroatoms. The van der Waals surface area contributed by atoms with E-state index in [-0.39, 0.29) is 0 Å². The Morgan fingerprint density at radius 1 is 0.731 bits per heavy atom. The van der Waals surface area contributed by atoms with Crippen molar-refractivity contribution in [3.8, 4) is 0 Å². The number of unbranched alkanes of at least 4 members (excludes halogenated alkanes) is 13. The van der Waals surface area contributed by atoms with Gasteiger partial charge in [0.1, 0.15) is 0 Å². The second-order valence-corrected chi connectivity index (χ2v) is 7.61. The minimum Gasteiger partial charge on any atom is -0.478 e. The van der Waals surface area contributed by atoms with Crippen LogP contribution in [0.5, 0.6) is 0 Å². The van der Waals surface area contributed by atoms with E-state index in [1.807, 2.05) is 0 Å². The fraction of sp³-hybridized carbons (Fsp3) is 0.864.